The molecular weight excluding hydrogens is 136 g/mol. The van der Waals surface area contributed by atoms with Crippen molar-refractivity contribution in [1.82, 2.24) is 0 Å². The van der Waals surface area contributed by atoms with Crippen LogP contribution in [0.15, 0.2) is 0 Å². The van der Waals surface area contributed by atoms with Crippen molar-refractivity contribution in [2.45, 2.75) is 63.6 Å². The second kappa shape index (κ2) is 2.78. The summed E-state index contributed by atoms with van der Waals surface area (Å²) in [4.78, 5) is 0. The zero-order valence-corrected chi connectivity index (χ0v) is 7.44. The lowest BCUT2D eigenvalue weighted by Crippen LogP contribution is -2.18. The molecule has 1 saturated heterocycles. The van der Waals surface area contributed by atoms with Crippen LogP contribution in [-0.2, 0) is 4.74 Å². The van der Waals surface area contributed by atoms with Gasteiger partial charge in [-0.15, -0.1) is 0 Å². The third-order valence-corrected chi connectivity index (χ3v) is 3.18. The number of rotatable bonds is 3. The van der Waals surface area contributed by atoms with Crippen LogP contribution in [-0.4, -0.2) is 11.7 Å². The van der Waals surface area contributed by atoms with E-state index in [9.17, 15) is 0 Å². The van der Waals surface area contributed by atoms with Crippen LogP contribution in [0.4, 0.5) is 0 Å². The number of hydrogen-bond donors (Lipinski definition) is 0. The molecule has 2 rings (SSSR count). The Labute approximate surface area is 69.1 Å². The van der Waals surface area contributed by atoms with Crippen LogP contribution in [0.2, 0.25) is 0 Å². The standard InChI is InChI=1S/C10H18O/c1-2-3-7-10-8-5-4-6-9(10)11-10/h9H,2-8H2,1H3. The van der Waals surface area contributed by atoms with Gasteiger partial charge in [0.05, 0.1) is 11.7 Å². The summed E-state index contributed by atoms with van der Waals surface area (Å²) in [6.07, 6.45) is 10.2. The van der Waals surface area contributed by atoms with Crippen molar-refractivity contribution in [2.24, 2.45) is 0 Å². The molecule has 1 aliphatic heterocycles. The van der Waals surface area contributed by atoms with Crippen molar-refractivity contribution >= 4 is 0 Å². The lowest BCUT2D eigenvalue weighted by molar-refractivity contribution is 0.266. The summed E-state index contributed by atoms with van der Waals surface area (Å²) in [7, 11) is 0. The summed E-state index contributed by atoms with van der Waals surface area (Å²) in [5.41, 5.74) is 0.397. The van der Waals surface area contributed by atoms with Crippen LogP contribution < -0.4 is 0 Å². The largest absolute Gasteiger partial charge is 0.366 e. The molecule has 1 heterocycles. The van der Waals surface area contributed by atoms with Crippen LogP contribution in [0.1, 0.15) is 51.9 Å². The molecular formula is C10H18O. The van der Waals surface area contributed by atoms with E-state index >= 15 is 0 Å². The highest BCUT2D eigenvalue weighted by Gasteiger charge is 2.55. The Morgan fingerprint density at radius 2 is 2.36 bits per heavy atom. The molecule has 2 fully saturated rings. The number of ether oxygens (including phenoxy) is 1. The molecule has 0 amide bonds. The number of unbranched alkanes of at least 4 members (excludes halogenated alkanes) is 1. The minimum atomic E-state index is 0.397. The molecule has 0 bridgehead atoms. The first-order valence-electron chi connectivity index (χ1n) is 5.05. The second-order valence-corrected chi connectivity index (χ2v) is 4.02. The minimum Gasteiger partial charge on any atom is -0.366 e. The van der Waals surface area contributed by atoms with E-state index in [4.69, 9.17) is 4.74 Å². The van der Waals surface area contributed by atoms with Gasteiger partial charge in [-0.1, -0.05) is 32.6 Å². The topological polar surface area (TPSA) is 12.5 Å². The van der Waals surface area contributed by atoms with Crippen molar-refractivity contribution in [2.75, 3.05) is 0 Å². The zero-order chi connectivity index (χ0) is 7.73. The zero-order valence-electron chi connectivity index (χ0n) is 7.44. The fraction of sp³-hybridized carbons (Fsp3) is 1.00. The van der Waals surface area contributed by atoms with Gasteiger partial charge in [-0.3, -0.25) is 0 Å². The van der Waals surface area contributed by atoms with Gasteiger partial charge in [0.1, 0.15) is 0 Å². The molecule has 64 valence electrons. The molecule has 11 heavy (non-hydrogen) atoms. The van der Waals surface area contributed by atoms with Crippen molar-refractivity contribution in [3.05, 3.63) is 0 Å². The quantitative estimate of drug-likeness (QED) is 0.569. The number of hydrogen-bond acceptors (Lipinski definition) is 1. The average Bonchev–Trinajstić information content (AvgIpc) is 2.75. The van der Waals surface area contributed by atoms with Gasteiger partial charge in [-0.2, -0.15) is 0 Å². The third kappa shape index (κ3) is 1.31. The third-order valence-electron chi connectivity index (χ3n) is 3.18. The Kier molecular flexibility index (Phi) is 1.92. The SMILES string of the molecule is CCCCC12CCCCC1O2. The molecule has 2 unspecified atom stereocenters. The molecule has 1 aliphatic carbocycles. The summed E-state index contributed by atoms with van der Waals surface area (Å²) in [6, 6.07) is 0. The predicted octanol–water partition coefficient (Wildman–Crippen LogP) is 2.89. The van der Waals surface area contributed by atoms with E-state index in [1.807, 2.05) is 0 Å². The molecule has 1 saturated carbocycles. The van der Waals surface area contributed by atoms with E-state index in [2.05, 4.69) is 6.92 Å². The van der Waals surface area contributed by atoms with E-state index in [0.717, 1.165) is 0 Å². The van der Waals surface area contributed by atoms with Crippen LogP contribution in [0.5, 0.6) is 0 Å². The normalized spacial score (nSPS) is 41.7. The maximum absolute atomic E-state index is 5.77. The summed E-state index contributed by atoms with van der Waals surface area (Å²) in [6.45, 7) is 2.26. The van der Waals surface area contributed by atoms with Crippen LogP contribution in [0, 0.1) is 0 Å². The number of epoxide rings is 1. The highest BCUT2D eigenvalue weighted by molar-refractivity contribution is 5.04. The Morgan fingerprint density at radius 1 is 1.45 bits per heavy atom. The van der Waals surface area contributed by atoms with Gasteiger partial charge >= 0.3 is 0 Å². The van der Waals surface area contributed by atoms with Gasteiger partial charge in [0.15, 0.2) is 0 Å². The maximum atomic E-state index is 5.77. The van der Waals surface area contributed by atoms with E-state index in [0.29, 0.717) is 11.7 Å². The molecule has 0 aromatic rings. The van der Waals surface area contributed by atoms with E-state index in [1.165, 1.54) is 44.9 Å². The molecule has 0 aromatic heterocycles. The lowest BCUT2D eigenvalue weighted by Gasteiger charge is -2.16. The van der Waals surface area contributed by atoms with Gasteiger partial charge in [0.2, 0.25) is 0 Å². The second-order valence-electron chi connectivity index (χ2n) is 4.02. The molecule has 1 heteroatoms. The van der Waals surface area contributed by atoms with Crippen molar-refractivity contribution < 1.29 is 4.74 Å². The van der Waals surface area contributed by atoms with Gasteiger partial charge in [0, 0.05) is 0 Å². The molecule has 1 nitrogen and oxygen atoms in total. The van der Waals surface area contributed by atoms with E-state index in [1.54, 1.807) is 0 Å². The highest BCUT2D eigenvalue weighted by atomic mass is 16.6. The monoisotopic (exact) mass is 154 g/mol. The minimum absolute atomic E-state index is 0.397. The van der Waals surface area contributed by atoms with Gasteiger partial charge in [-0.25, -0.2) is 0 Å². The van der Waals surface area contributed by atoms with Crippen molar-refractivity contribution in [3.63, 3.8) is 0 Å². The summed E-state index contributed by atoms with van der Waals surface area (Å²) in [5, 5.41) is 0. The molecule has 2 atom stereocenters. The molecule has 0 N–H and O–H groups in total. The Hall–Kier alpha value is -0.0400. The van der Waals surface area contributed by atoms with Crippen LogP contribution in [0.25, 0.3) is 0 Å². The van der Waals surface area contributed by atoms with Gasteiger partial charge < -0.3 is 4.74 Å². The molecule has 0 aromatic carbocycles. The van der Waals surface area contributed by atoms with Gasteiger partial charge in [0.25, 0.3) is 0 Å². The lowest BCUT2D eigenvalue weighted by atomic mass is 9.85. The Balaban J connectivity index is 1.82. The smallest absolute Gasteiger partial charge is 0.0948 e. The Morgan fingerprint density at radius 3 is 3.09 bits per heavy atom. The fourth-order valence-corrected chi connectivity index (χ4v) is 2.37. The first kappa shape index (κ1) is 7.60. The predicted molar refractivity (Wildman–Crippen MR) is 45.6 cm³/mol. The molecule has 0 spiro atoms. The van der Waals surface area contributed by atoms with Crippen LogP contribution >= 0.6 is 0 Å². The van der Waals surface area contributed by atoms with Crippen molar-refractivity contribution in [3.8, 4) is 0 Å². The van der Waals surface area contributed by atoms with Gasteiger partial charge in [-0.05, 0) is 19.3 Å². The Bertz CT molecular complexity index is 144. The fourth-order valence-electron chi connectivity index (χ4n) is 2.37. The first-order valence-corrected chi connectivity index (χ1v) is 5.05. The summed E-state index contributed by atoms with van der Waals surface area (Å²) in [5.74, 6) is 0. The van der Waals surface area contributed by atoms with Crippen molar-refractivity contribution in [1.29, 1.82) is 0 Å². The highest BCUT2D eigenvalue weighted by Crippen LogP contribution is 2.50. The summed E-state index contributed by atoms with van der Waals surface area (Å²) >= 11 is 0. The maximum Gasteiger partial charge on any atom is 0.0948 e. The van der Waals surface area contributed by atoms with Crippen LogP contribution in [0.3, 0.4) is 0 Å². The summed E-state index contributed by atoms with van der Waals surface area (Å²) < 4.78 is 5.77. The average molecular weight is 154 g/mol. The molecule has 0 radical (unpaired) electrons. The molecule has 2 aliphatic rings. The van der Waals surface area contributed by atoms with E-state index in [-0.39, 0.29) is 0 Å². The number of fused-ring (bicyclic) bond motifs is 1. The first-order chi connectivity index (χ1) is 5.37. The van der Waals surface area contributed by atoms with E-state index < -0.39 is 0 Å².